The van der Waals surface area contributed by atoms with Crippen molar-refractivity contribution in [1.82, 2.24) is 25.2 Å². The third-order valence-electron chi connectivity index (χ3n) is 8.82. The number of aromatic hydroxyl groups is 1. The number of pyridine rings is 1. The predicted molar refractivity (Wildman–Crippen MR) is 161 cm³/mol. The Labute approximate surface area is 250 Å². The number of aromatic nitrogens is 3. The minimum atomic E-state index is -0.607. The summed E-state index contributed by atoms with van der Waals surface area (Å²) in [6.45, 7) is 5.71. The lowest BCUT2D eigenvalue weighted by Crippen LogP contribution is -2.51. The van der Waals surface area contributed by atoms with E-state index < -0.39 is 12.0 Å². The molecule has 6 heterocycles. The first-order valence-electron chi connectivity index (χ1n) is 15.1. The van der Waals surface area contributed by atoms with Gasteiger partial charge < -0.3 is 20.1 Å². The highest BCUT2D eigenvalue weighted by Gasteiger charge is 2.35. The summed E-state index contributed by atoms with van der Waals surface area (Å²) in [6.07, 6.45) is 9.60. The monoisotopic (exact) mass is 600 g/mol. The third-order valence-corrected chi connectivity index (χ3v) is 9.04. The molecule has 4 unspecified atom stereocenters. The van der Waals surface area contributed by atoms with Crippen molar-refractivity contribution in [2.75, 3.05) is 38.2 Å². The number of hydrogen-bond acceptors (Lipinski definition) is 8. The summed E-state index contributed by atoms with van der Waals surface area (Å²) in [5, 5.41) is 14.2. The minimum absolute atomic E-state index is 0.0578. The molecule has 11 heteroatoms. The van der Waals surface area contributed by atoms with Crippen molar-refractivity contribution in [3.63, 3.8) is 0 Å². The number of benzene rings is 1. The average Bonchev–Trinajstić information content (AvgIpc) is 3.31. The van der Waals surface area contributed by atoms with Crippen molar-refractivity contribution < 1.29 is 18.6 Å². The first-order valence-corrected chi connectivity index (χ1v) is 15.4. The third kappa shape index (κ3) is 6.55. The number of piperazine rings is 1. The molecule has 2 N–H and O–H groups in total. The minimum Gasteiger partial charge on any atom is -0.508 e. The van der Waals surface area contributed by atoms with E-state index in [9.17, 15) is 9.50 Å². The van der Waals surface area contributed by atoms with E-state index in [-0.39, 0.29) is 23.0 Å². The van der Waals surface area contributed by atoms with E-state index >= 15 is 4.39 Å². The van der Waals surface area contributed by atoms with Gasteiger partial charge in [0, 0.05) is 54.5 Å². The van der Waals surface area contributed by atoms with E-state index in [0.717, 1.165) is 44.8 Å². The highest BCUT2D eigenvalue weighted by atomic mass is 35.5. The van der Waals surface area contributed by atoms with Crippen LogP contribution in [0.1, 0.15) is 51.9 Å². The Hall–Kier alpha value is -2.82. The molecule has 5 fully saturated rings. The number of ether oxygens (including phenoxy) is 1. The van der Waals surface area contributed by atoms with E-state index in [1.807, 2.05) is 0 Å². The molecule has 8 rings (SSSR count). The number of fused-ring (bicyclic) bond motifs is 4. The lowest BCUT2D eigenvalue weighted by molar-refractivity contribution is 0.292. The number of halogens is 3. The number of phenols is 1. The van der Waals surface area contributed by atoms with Crippen LogP contribution in [-0.4, -0.2) is 82.5 Å². The van der Waals surface area contributed by atoms with Gasteiger partial charge in [0.25, 0.3) is 0 Å². The van der Waals surface area contributed by atoms with E-state index in [4.69, 9.17) is 16.3 Å². The van der Waals surface area contributed by atoms with Gasteiger partial charge >= 0.3 is 6.01 Å². The zero-order chi connectivity index (χ0) is 29.4. The first kappa shape index (κ1) is 29.3. The van der Waals surface area contributed by atoms with Crippen molar-refractivity contribution in [3.05, 3.63) is 35.2 Å². The van der Waals surface area contributed by atoms with Crippen molar-refractivity contribution in [1.29, 1.82) is 0 Å². The average molecular weight is 601 g/mol. The molecule has 1 aliphatic carbocycles. The number of nitrogens with one attached hydrogen (secondary N) is 1. The summed E-state index contributed by atoms with van der Waals surface area (Å²) in [6, 6.07) is 5.85. The summed E-state index contributed by atoms with van der Waals surface area (Å²) in [5.41, 5.74) is 0.554. The molecule has 5 aliphatic rings. The molecule has 4 atom stereocenters. The maximum Gasteiger partial charge on any atom is 0.318 e. The second-order valence-corrected chi connectivity index (χ2v) is 12.7. The number of methoxy groups -OCH3 is 1. The maximum atomic E-state index is 15.5. The van der Waals surface area contributed by atoms with Gasteiger partial charge in [-0.05, 0) is 62.8 Å². The van der Waals surface area contributed by atoms with Gasteiger partial charge in [0.2, 0.25) is 0 Å². The topological polar surface area (TPSA) is 86.6 Å². The molecular formula is C31H39ClF2N6O2. The molecular weight excluding hydrogens is 562 g/mol. The van der Waals surface area contributed by atoms with Crippen LogP contribution in [0.25, 0.3) is 22.2 Å². The smallest absolute Gasteiger partial charge is 0.318 e. The van der Waals surface area contributed by atoms with Gasteiger partial charge in [-0.1, -0.05) is 31.4 Å². The Kier molecular flexibility index (Phi) is 8.65. The van der Waals surface area contributed by atoms with Crippen LogP contribution in [0.4, 0.5) is 14.6 Å². The van der Waals surface area contributed by atoms with Gasteiger partial charge in [-0.15, -0.1) is 0 Å². The summed E-state index contributed by atoms with van der Waals surface area (Å²) in [5.74, 6) is 1.03. The van der Waals surface area contributed by atoms with Crippen LogP contribution in [0.3, 0.4) is 0 Å². The van der Waals surface area contributed by atoms with Gasteiger partial charge in [0.05, 0.1) is 12.5 Å². The normalized spacial score (nSPS) is 26.4. The van der Waals surface area contributed by atoms with E-state index in [0.29, 0.717) is 46.5 Å². The molecule has 4 aliphatic heterocycles. The van der Waals surface area contributed by atoms with E-state index in [2.05, 4.69) is 37.0 Å². The van der Waals surface area contributed by atoms with Gasteiger partial charge in [0.15, 0.2) is 5.82 Å². The molecule has 226 valence electrons. The maximum absolute atomic E-state index is 15.5. The molecule has 0 amide bonds. The zero-order valence-corrected chi connectivity index (χ0v) is 25.0. The fourth-order valence-corrected chi connectivity index (χ4v) is 6.66. The molecule has 2 aromatic heterocycles. The number of hydrogen-bond donors (Lipinski definition) is 2. The van der Waals surface area contributed by atoms with Crippen molar-refractivity contribution in [3.8, 4) is 23.0 Å². The lowest BCUT2D eigenvalue weighted by atomic mass is 10.1. The highest BCUT2D eigenvalue weighted by Crippen LogP contribution is 2.35. The Balaban J connectivity index is 0.000000198. The second-order valence-electron chi connectivity index (χ2n) is 12.3. The summed E-state index contributed by atoms with van der Waals surface area (Å²) in [4.78, 5) is 17.5. The fourth-order valence-electron chi connectivity index (χ4n) is 6.43. The Morgan fingerprint density at radius 1 is 1.05 bits per heavy atom. The lowest BCUT2D eigenvalue weighted by Gasteiger charge is -2.34. The molecule has 0 radical (unpaired) electrons. The number of nitrogens with zero attached hydrogens (tertiary/aromatic N) is 5. The van der Waals surface area contributed by atoms with Crippen LogP contribution in [-0.2, 0) is 0 Å². The van der Waals surface area contributed by atoms with E-state index in [1.54, 1.807) is 12.3 Å². The Morgan fingerprint density at radius 3 is 2.43 bits per heavy atom. The fraction of sp³-hybridized carbons (Fsp3) is 0.581. The van der Waals surface area contributed by atoms with Crippen molar-refractivity contribution in [2.45, 2.75) is 76.2 Å². The van der Waals surface area contributed by atoms with Crippen LogP contribution in [0.15, 0.2) is 24.4 Å². The molecule has 1 saturated carbocycles. The number of rotatable bonds is 3. The van der Waals surface area contributed by atoms with Crippen LogP contribution in [0.5, 0.6) is 11.8 Å². The van der Waals surface area contributed by atoms with Gasteiger partial charge in [-0.3, -0.25) is 9.88 Å². The van der Waals surface area contributed by atoms with Crippen molar-refractivity contribution in [2.24, 2.45) is 5.92 Å². The summed E-state index contributed by atoms with van der Waals surface area (Å²) < 4.78 is 33.3. The first-order chi connectivity index (χ1) is 20.3. The van der Waals surface area contributed by atoms with Crippen LogP contribution in [0.2, 0.25) is 5.02 Å². The van der Waals surface area contributed by atoms with Crippen molar-refractivity contribution >= 4 is 28.3 Å². The van der Waals surface area contributed by atoms with Gasteiger partial charge in [0.1, 0.15) is 28.9 Å². The number of anilines is 1. The quantitative estimate of drug-likeness (QED) is 0.393. The molecule has 2 bridgehead atoms. The van der Waals surface area contributed by atoms with Crippen LogP contribution >= 0.6 is 11.6 Å². The standard InChI is InChI=1S/C20H19ClFN5O2.C7H12FN.C4H8/c1-29-20-25-18-15(19(26-20)27-8-12-2-3-13(9-27)24-12)7-23-17(16(18)22)10-4-11(21)6-14(28)5-10;8-6-4-7-2-1-3-9(7)5-6;1-4-2-3-4/h4-7,12-13,24,28H,2-3,8-9H2,1H3;6-7H,1-5H2;4H,2-3H2,1H3. The molecule has 42 heavy (non-hydrogen) atoms. The van der Waals surface area contributed by atoms with Crippen LogP contribution < -0.4 is 15.0 Å². The zero-order valence-electron chi connectivity index (χ0n) is 24.2. The summed E-state index contributed by atoms with van der Waals surface area (Å²) >= 11 is 6.01. The Morgan fingerprint density at radius 2 is 1.79 bits per heavy atom. The molecule has 8 nitrogen and oxygen atoms in total. The Bertz CT molecular complexity index is 1380. The number of alkyl halides is 1. The van der Waals surface area contributed by atoms with E-state index in [1.165, 1.54) is 44.9 Å². The molecule has 3 aromatic rings. The number of phenolic OH excluding ortho intramolecular Hbond substituents is 1. The van der Waals surface area contributed by atoms with Crippen LogP contribution in [0, 0.1) is 11.7 Å². The van der Waals surface area contributed by atoms with Gasteiger partial charge in [-0.25, -0.2) is 8.78 Å². The predicted octanol–water partition coefficient (Wildman–Crippen LogP) is 5.75. The SMILES string of the molecule is CC1CC1.COc1nc(N2CC3CCC(C2)N3)c2cnc(-c3cc(O)cc(Cl)c3)c(F)c2n1.FC1CC2CCCN2C1. The largest absolute Gasteiger partial charge is 0.508 e. The highest BCUT2D eigenvalue weighted by molar-refractivity contribution is 6.31. The summed E-state index contributed by atoms with van der Waals surface area (Å²) in [7, 11) is 1.46. The molecule has 1 aromatic carbocycles. The molecule has 0 spiro atoms. The molecule has 4 saturated heterocycles. The second kappa shape index (κ2) is 12.4. The van der Waals surface area contributed by atoms with Gasteiger partial charge in [-0.2, -0.15) is 9.97 Å².